The van der Waals surface area contributed by atoms with Crippen LogP contribution in [0.1, 0.15) is 82.1 Å². The zero-order valence-electron chi connectivity index (χ0n) is 42.6. The van der Waals surface area contributed by atoms with Crippen molar-refractivity contribution in [3.8, 4) is 0 Å². The molecular weight excluding hydrogens is 889 g/mol. The summed E-state index contributed by atoms with van der Waals surface area (Å²) >= 11 is 0. The zero-order valence-corrected chi connectivity index (χ0v) is 44.6. The number of hydrogen-bond donors (Lipinski definition) is 1. The average molecular weight is 967 g/mol. The first-order valence-electron chi connectivity index (χ1n) is 23.8. The number of allylic oxidation sites excluding steroid dienone is 1. The molecule has 0 spiro atoms. The summed E-state index contributed by atoms with van der Waals surface area (Å²) in [4.78, 5) is 12.8. The zero-order chi connectivity index (χ0) is 50.0. The predicted molar refractivity (Wildman–Crippen MR) is 277 cm³/mol. The van der Waals surface area contributed by atoms with E-state index in [9.17, 15) is 9.90 Å². The van der Waals surface area contributed by atoms with Gasteiger partial charge in [0.15, 0.2) is 17.4 Å². The normalized spacial score (nSPS) is 21.8. The Morgan fingerprint density at radius 3 is 1.26 bits per heavy atom. The Bertz CT molecular complexity index is 2090. The molecule has 2 fully saturated rings. The van der Waals surface area contributed by atoms with Crippen LogP contribution >= 0.6 is 0 Å². The van der Waals surface area contributed by atoms with E-state index in [0.29, 0.717) is 13.0 Å². The van der Waals surface area contributed by atoms with Gasteiger partial charge in [0.05, 0.1) is 19.3 Å². The molecular formula is C56H78O10Si2. The molecule has 4 aromatic carbocycles. The summed E-state index contributed by atoms with van der Waals surface area (Å²) in [7, 11) is -2.38. The van der Waals surface area contributed by atoms with Gasteiger partial charge in [0, 0.05) is 20.6 Å². The molecule has 2 aliphatic rings. The van der Waals surface area contributed by atoms with Crippen molar-refractivity contribution in [1.29, 1.82) is 0 Å². The van der Waals surface area contributed by atoms with E-state index in [-0.39, 0.29) is 28.9 Å². The second-order valence-electron chi connectivity index (χ2n) is 20.6. The van der Waals surface area contributed by atoms with Gasteiger partial charge in [-0.05, 0) is 64.9 Å². The predicted octanol–water partition coefficient (Wildman–Crippen LogP) is 8.28. The highest BCUT2D eigenvalue weighted by molar-refractivity contribution is 7.00. The van der Waals surface area contributed by atoms with Crippen LogP contribution in [0.5, 0.6) is 0 Å². The molecule has 0 saturated carbocycles. The Balaban J connectivity index is 0.000000254. The van der Waals surface area contributed by atoms with Crippen LogP contribution in [0.4, 0.5) is 0 Å². The van der Waals surface area contributed by atoms with E-state index in [1.807, 2.05) is 52.0 Å². The summed E-state index contributed by atoms with van der Waals surface area (Å²) in [6.45, 7) is 29.0. The summed E-state index contributed by atoms with van der Waals surface area (Å²) in [6.07, 6.45) is -0.104. The molecule has 6 rings (SSSR count). The Morgan fingerprint density at radius 1 is 0.603 bits per heavy atom. The molecule has 1 N–H and O–H groups in total. The number of aliphatic hydroxyl groups is 1. The van der Waals surface area contributed by atoms with Crippen LogP contribution in [0.15, 0.2) is 147 Å². The maximum atomic E-state index is 12.8. The topological polar surface area (TPSA) is 111 Å². The molecule has 7 atom stereocenters. The molecule has 0 radical (unpaired) electrons. The van der Waals surface area contributed by atoms with Gasteiger partial charge in [-0.15, -0.1) is 13.2 Å². The van der Waals surface area contributed by atoms with Crippen molar-refractivity contribution in [3.63, 3.8) is 0 Å². The largest absolute Gasteiger partial charge is 0.405 e. The van der Waals surface area contributed by atoms with E-state index < -0.39 is 70.9 Å². The summed E-state index contributed by atoms with van der Waals surface area (Å²) < 4.78 is 50.4. The lowest BCUT2D eigenvalue weighted by molar-refractivity contribution is -0.166. The van der Waals surface area contributed by atoms with Crippen LogP contribution < -0.4 is 20.7 Å². The van der Waals surface area contributed by atoms with Gasteiger partial charge < -0.3 is 42.4 Å². The Labute approximate surface area is 409 Å². The van der Waals surface area contributed by atoms with E-state index in [0.717, 1.165) is 0 Å². The molecule has 4 aromatic rings. The van der Waals surface area contributed by atoms with Gasteiger partial charge in [-0.1, -0.05) is 175 Å². The van der Waals surface area contributed by atoms with Crippen molar-refractivity contribution in [2.24, 2.45) is 0 Å². The molecule has 0 amide bonds. The standard InChI is InChI=1S/C28H40O5Si.C28H38O5Si/c2*1-8-15-23(29)25(30-7)26-24(32-28(5,6)33-26)20-31-34(27(2,3)4,21-16-11-9-12-17-21)22-18-13-10-14-19-22/h8-14,16-19,23-26,29H,1,15,20H2,2-7H3;8-14,16-19,24-26H,1,15,20H2,2-7H3/t23-,24?,25?,26?;/m0./s1. The van der Waals surface area contributed by atoms with Gasteiger partial charge >= 0.3 is 0 Å². The maximum Gasteiger partial charge on any atom is 0.261 e. The molecule has 6 unspecified atom stereocenters. The third kappa shape index (κ3) is 12.5. The van der Waals surface area contributed by atoms with Crippen LogP contribution in [-0.2, 0) is 42.1 Å². The Hall–Kier alpha value is -3.90. The number of methoxy groups -OCH3 is 2. The van der Waals surface area contributed by atoms with Crippen molar-refractivity contribution in [1.82, 2.24) is 0 Å². The number of hydrogen-bond acceptors (Lipinski definition) is 10. The van der Waals surface area contributed by atoms with E-state index in [2.05, 4.69) is 152 Å². The Kier molecular flexibility index (Phi) is 18.9. The van der Waals surface area contributed by atoms with E-state index >= 15 is 0 Å². The molecule has 0 bridgehead atoms. The molecule has 12 heteroatoms. The first kappa shape index (κ1) is 55.0. The number of ether oxygens (including phenoxy) is 6. The smallest absolute Gasteiger partial charge is 0.261 e. The maximum absolute atomic E-state index is 12.8. The number of rotatable bonds is 20. The SMILES string of the molecule is C=CCC(=O)C(OC)C1OC(C)(C)OC1CO[Si](c1ccccc1)(c1ccccc1)C(C)(C)C.C=CC[C@H](O)C(OC)C1OC(C)(C)OC1CO[Si](c1ccccc1)(c1ccccc1)C(C)(C)C. The van der Waals surface area contributed by atoms with Crippen LogP contribution in [0, 0.1) is 0 Å². The lowest BCUT2D eigenvalue weighted by Gasteiger charge is -2.43. The van der Waals surface area contributed by atoms with Gasteiger partial charge in [-0.2, -0.15) is 0 Å². The second-order valence-corrected chi connectivity index (χ2v) is 29.2. The minimum Gasteiger partial charge on any atom is -0.405 e. The quantitative estimate of drug-likeness (QED) is 0.0687. The van der Waals surface area contributed by atoms with Crippen LogP contribution in [0.2, 0.25) is 10.1 Å². The summed E-state index contributed by atoms with van der Waals surface area (Å²) in [6, 6.07) is 42.0. The van der Waals surface area contributed by atoms with Gasteiger partial charge in [0.25, 0.3) is 16.6 Å². The van der Waals surface area contributed by atoms with Crippen molar-refractivity contribution in [2.45, 2.75) is 146 Å². The summed E-state index contributed by atoms with van der Waals surface area (Å²) in [5.74, 6) is -1.75. The van der Waals surface area contributed by atoms with E-state index in [1.165, 1.54) is 27.9 Å². The number of carbonyl (C=O) groups excluding carboxylic acids is 1. The lowest BCUT2D eigenvalue weighted by atomic mass is 10.0. The first-order chi connectivity index (χ1) is 32.1. The third-order valence-corrected chi connectivity index (χ3v) is 22.8. The van der Waals surface area contributed by atoms with Crippen molar-refractivity contribution in [3.05, 3.63) is 147 Å². The van der Waals surface area contributed by atoms with Crippen molar-refractivity contribution in [2.75, 3.05) is 27.4 Å². The van der Waals surface area contributed by atoms with Gasteiger partial charge in [-0.25, -0.2) is 0 Å². The minimum atomic E-state index is -2.76. The minimum absolute atomic E-state index is 0.0840. The van der Waals surface area contributed by atoms with Crippen molar-refractivity contribution < 1.29 is 47.2 Å². The fraction of sp³-hybridized carbons (Fsp3) is 0.482. The molecule has 370 valence electrons. The number of benzene rings is 4. The molecule has 10 nitrogen and oxygen atoms in total. The number of carbonyl (C=O) groups is 1. The third-order valence-electron chi connectivity index (χ3n) is 12.8. The van der Waals surface area contributed by atoms with Gasteiger partial charge in [0.1, 0.15) is 36.6 Å². The highest BCUT2D eigenvalue weighted by atomic mass is 28.4. The summed E-state index contributed by atoms with van der Waals surface area (Å²) in [5.41, 5.74) is 0. The number of ketones is 1. The second kappa shape index (κ2) is 23.3. The van der Waals surface area contributed by atoms with E-state index in [4.69, 9.17) is 37.3 Å². The number of Topliss-reactive ketones (excluding diaryl/α,β-unsaturated/α-hetero) is 1. The van der Waals surface area contributed by atoms with Gasteiger partial charge in [-0.3, -0.25) is 4.79 Å². The average Bonchev–Trinajstić information content (AvgIpc) is 3.77. The van der Waals surface area contributed by atoms with Crippen LogP contribution in [0.25, 0.3) is 0 Å². The van der Waals surface area contributed by atoms with Crippen LogP contribution in [-0.4, -0.2) is 109 Å². The fourth-order valence-electron chi connectivity index (χ4n) is 9.98. The molecule has 0 aromatic heterocycles. The van der Waals surface area contributed by atoms with Crippen molar-refractivity contribution >= 4 is 43.2 Å². The fourth-order valence-corrected chi connectivity index (χ4v) is 19.1. The summed E-state index contributed by atoms with van der Waals surface area (Å²) in [5, 5.41) is 15.2. The molecule has 68 heavy (non-hydrogen) atoms. The van der Waals surface area contributed by atoms with Crippen LogP contribution in [0.3, 0.4) is 0 Å². The lowest BCUT2D eigenvalue weighted by Crippen LogP contribution is -2.67. The monoisotopic (exact) mass is 967 g/mol. The van der Waals surface area contributed by atoms with E-state index in [1.54, 1.807) is 19.3 Å². The highest BCUT2D eigenvalue weighted by Gasteiger charge is 2.55. The number of aliphatic hydroxyl groups excluding tert-OH is 1. The molecule has 2 aliphatic heterocycles. The molecule has 2 saturated heterocycles. The Morgan fingerprint density at radius 2 is 0.956 bits per heavy atom. The molecule has 2 heterocycles. The first-order valence-corrected chi connectivity index (χ1v) is 27.6. The highest BCUT2D eigenvalue weighted by Crippen LogP contribution is 2.41. The molecule has 0 aliphatic carbocycles. The van der Waals surface area contributed by atoms with Gasteiger partial charge in [0.2, 0.25) is 0 Å².